The molecule has 1 aliphatic rings. The van der Waals surface area contributed by atoms with E-state index in [1.54, 1.807) is 7.11 Å². The molecule has 2 unspecified atom stereocenters. The summed E-state index contributed by atoms with van der Waals surface area (Å²) in [5.41, 5.74) is 0. The van der Waals surface area contributed by atoms with E-state index in [-0.39, 0.29) is 12.2 Å². The monoisotopic (exact) mass is 280 g/mol. The molecular formula is C14H24N4O2. The maximum atomic E-state index is 5.77. The number of hydrogen-bond acceptors (Lipinski definition) is 6. The van der Waals surface area contributed by atoms with E-state index in [1.807, 2.05) is 6.07 Å². The third kappa shape index (κ3) is 3.80. The topological polar surface area (TPSA) is 59.5 Å². The average Bonchev–Trinajstić information content (AvgIpc) is 2.38. The van der Waals surface area contributed by atoms with Gasteiger partial charge in [-0.15, -0.1) is 0 Å². The van der Waals surface area contributed by atoms with Crippen LogP contribution in [0.4, 0.5) is 11.6 Å². The zero-order valence-corrected chi connectivity index (χ0v) is 12.7. The molecule has 2 rings (SSSR count). The number of anilines is 2. The molecule has 0 spiro atoms. The Morgan fingerprint density at radius 2 is 2.05 bits per heavy atom. The predicted octanol–water partition coefficient (Wildman–Crippen LogP) is 1.67. The molecule has 0 aromatic carbocycles. The number of morpholine rings is 1. The Morgan fingerprint density at radius 1 is 1.35 bits per heavy atom. The molecule has 2 atom stereocenters. The first-order chi connectivity index (χ1) is 9.62. The van der Waals surface area contributed by atoms with E-state index in [4.69, 9.17) is 9.47 Å². The van der Waals surface area contributed by atoms with Gasteiger partial charge in [-0.3, -0.25) is 0 Å². The van der Waals surface area contributed by atoms with E-state index >= 15 is 0 Å². The molecule has 0 amide bonds. The van der Waals surface area contributed by atoms with Gasteiger partial charge in [0.2, 0.25) is 0 Å². The van der Waals surface area contributed by atoms with Crippen LogP contribution < -0.4 is 10.2 Å². The lowest BCUT2D eigenvalue weighted by Gasteiger charge is -2.36. The third-order valence-electron chi connectivity index (χ3n) is 3.13. The van der Waals surface area contributed by atoms with Gasteiger partial charge in [-0.2, -0.15) is 0 Å². The van der Waals surface area contributed by atoms with Crippen LogP contribution in [-0.4, -0.2) is 48.9 Å². The molecule has 2 heterocycles. The zero-order chi connectivity index (χ0) is 14.5. The van der Waals surface area contributed by atoms with Gasteiger partial charge >= 0.3 is 0 Å². The van der Waals surface area contributed by atoms with Crippen LogP contribution in [0.2, 0.25) is 0 Å². The quantitative estimate of drug-likeness (QED) is 0.885. The highest BCUT2D eigenvalue weighted by Gasteiger charge is 2.24. The number of rotatable bonds is 5. The van der Waals surface area contributed by atoms with Gasteiger partial charge in [0.1, 0.15) is 18.2 Å². The Bertz CT molecular complexity index is 407. The highest BCUT2D eigenvalue weighted by Crippen LogP contribution is 2.21. The number of nitrogens with one attached hydrogen (secondary N) is 1. The van der Waals surface area contributed by atoms with Crippen LogP contribution in [0.3, 0.4) is 0 Å². The molecule has 0 radical (unpaired) electrons. The lowest BCUT2D eigenvalue weighted by Crippen LogP contribution is -2.46. The van der Waals surface area contributed by atoms with Crippen molar-refractivity contribution in [1.29, 1.82) is 0 Å². The maximum absolute atomic E-state index is 5.77. The highest BCUT2D eigenvalue weighted by atomic mass is 16.5. The molecule has 1 aliphatic heterocycles. The summed E-state index contributed by atoms with van der Waals surface area (Å²) in [5, 5.41) is 3.24. The average molecular weight is 280 g/mol. The van der Waals surface area contributed by atoms with E-state index < -0.39 is 0 Å². The lowest BCUT2D eigenvalue weighted by molar-refractivity contribution is -0.00549. The van der Waals surface area contributed by atoms with Gasteiger partial charge in [0.25, 0.3) is 0 Å². The summed E-state index contributed by atoms with van der Waals surface area (Å²) in [6, 6.07) is 1.99. The summed E-state index contributed by atoms with van der Waals surface area (Å²) in [6.07, 6.45) is 0.421. The molecular weight excluding hydrogens is 256 g/mol. The molecule has 1 saturated heterocycles. The van der Waals surface area contributed by atoms with Crippen molar-refractivity contribution in [2.24, 2.45) is 0 Å². The third-order valence-corrected chi connectivity index (χ3v) is 3.13. The fraction of sp³-hybridized carbons (Fsp3) is 0.714. The van der Waals surface area contributed by atoms with E-state index in [9.17, 15) is 0 Å². The first-order valence-electron chi connectivity index (χ1n) is 7.13. The summed E-state index contributed by atoms with van der Waals surface area (Å²) in [7, 11) is 1.65. The molecule has 1 aromatic heterocycles. The SMILES string of the molecule is CCNc1cc(N2CC(C)OC(C)C2)nc(COC)n1. The fourth-order valence-corrected chi connectivity index (χ4v) is 2.48. The second kappa shape index (κ2) is 6.85. The number of aromatic nitrogens is 2. The Morgan fingerprint density at radius 3 is 2.65 bits per heavy atom. The standard InChI is InChI=1S/C14H24N4O2/c1-5-15-12-6-14(17-13(16-12)9-19-4)18-7-10(2)20-11(3)8-18/h6,10-11H,5,7-9H2,1-4H3,(H,15,16,17). The predicted molar refractivity (Wildman–Crippen MR) is 79.1 cm³/mol. The normalized spacial score (nSPS) is 22.9. The Hall–Kier alpha value is -1.40. The minimum Gasteiger partial charge on any atom is -0.377 e. The molecule has 6 heteroatoms. The molecule has 6 nitrogen and oxygen atoms in total. The zero-order valence-electron chi connectivity index (χ0n) is 12.7. The summed E-state index contributed by atoms with van der Waals surface area (Å²) >= 11 is 0. The largest absolute Gasteiger partial charge is 0.377 e. The van der Waals surface area contributed by atoms with Crippen LogP contribution in [0.1, 0.15) is 26.6 Å². The number of methoxy groups -OCH3 is 1. The second-order valence-corrected chi connectivity index (χ2v) is 5.15. The van der Waals surface area contributed by atoms with Crippen molar-refractivity contribution in [2.75, 3.05) is 37.0 Å². The van der Waals surface area contributed by atoms with Gasteiger partial charge < -0.3 is 19.7 Å². The van der Waals surface area contributed by atoms with Crippen molar-refractivity contribution in [2.45, 2.75) is 39.6 Å². The van der Waals surface area contributed by atoms with Gasteiger partial charge in [0, 0.05) is 32.8 Å². The van der Waals surface area contributed by atoms with Crippen molar-refractivity contribution in [3.8, 4) is 0 Å². The van der Waals surface area contributed by atoms with E-state index in [2.05, 4.69) is 41.0 Å². The van der Waals surface area contributed by atoms with E-state index in [0.717, 1.165) is 31.3 Å². The van der Waals surface area contributed by atoms with Crippen LogP contribution in [0.15, 0.2) is 6.07 Å². The van der Waals surface area contributed by atoms with Crippen molar-refractivity contribution in [1.82, 2.24) is 9.97 Å². The van der Waals surface area contributed by atoms with Crippen molar-refractivity contribution in [3.63, 3.8) is 0 Å². The molecule has 0 bridgehead atoms. The smallest absolute Gasteiger partial charge is 0.158 e. The van der Waals surface area contributed by atoms with Crippen LogP contribution in [0, 0.1) is 0 Å². The van der Waals surface area contributed by atoms with Crippen LogP contribution >= 0.6 is 0 Å². The van der Waals surface area contributed by atoms with Gasteiger partial charge in [-0.1, -0.05) is 0 Å². The number of nitrogens with zero attached hydrogens (tertiary/aromatic N) is 3. The maximum Gasteiger partial charge on any atom is 0.158 e. The van der Waals surface area contributed by atoms with Gasteiger partial charge in [-0.05, 0) is 20.8 Å². The first-order valence-corrected chi connectivity index (χ1v) is 7.13. The van der Waals surface area contributed by atoms with Crippen LogP contribution in [-0.2, 0) is 16.1 Å². The van der Waals surface area contributed by atoms with E-state index in [0.29, 0.717) is 12.4 Å². The molecule has 112 valence electrons. The lowest BCUT2D eigenvalue weighted by atomic mass is 10.2. The molecule has 1 aromatic rings. The summed E-state index contributed by atoms with van der Waals surface area (Å²) in [4.78, 5) is 11.3. The Balaban J connectivity index is 2.24. The van der Waals surface area contributed by atoms with Gasteiger partial charge in [0.15, 0.2) is 5.82 Å². The highest BCUT2D eigenvalue weighted by molar-refractivity contribution is 5.50. The van der Waals surface area contributed by atoms with Crippen LogP contribution in [0.25, 0.3) is 0 Å². The van der Waals surface area contributed by atoms with Gasteiger partial charge in [-0.25, -0.2) is 9.97 Å². The van der Waals surface area contributed by atoms with Crippen molar-refractivity contribution in [3.05, 3.63) is 11.9 Å². The van der Waals surface area contributed by atoms with Gasteiger partial charge in [0.05, 0.1) is 12.2 Å². The van der Waals surface area contributed by atoms with Crippen molar-refractivity contribution >= 4 is 11.6 Å². The van der Waals surface area contributed by atoms with Crippen LogP contribution in [0.5, 0.6) is 0 Å². The molecule has 1 N–H and O–H groups in total. The molecule has 0 saturated carbocycles. The number of hydrogen-bond donors (Lipinski definition) is 1. The molecule has 20 heavy (non-hydrogen) atoms. The Kier molecular flexibility index (Phi) is 5.14. The summed E-state index contributed by atoms with van der Waals surface area (Å²) in [6.45, 7) is 9.17. The number of ether oxygens (including phenoxy) is 2. The summed E-state index contributed by atoms with van der Waals surface area (Å²) in [5.74, 6) is 2.48. The minimum absolute atomic E-state index is 0.210. The first kappa shape index (κ1) is 15.0. The summed E-state index contributed by atoms with van der Waals surface area (Å²) < 4.78 is 10.9. The molecule has 0 aliphatic carbocycles. The second-order valence-electron chi connectivity index (χ2n) is 5.15. The minimum atomic E-state index is 0.210. The van der Waals surface area contributed by atoms with E-state index in [1.165, 1.54) is 0 Å². The molecule has 1 fully saturated rings. The van der Waals surface area contributed by atoms with Crippen molar-refractivity contribution < 1.29 is 9.47 Å². The Labute approximate surface area is 120 Å². The fourth-order valence-electron chi connectivity index (χ4n) is 2.48.